The van der Waals surface area contributed by atoms with Gasteiger partial charge in [-0.3, -0.25) is 0 Å². The van der Waals surface area contributed by atoms with Crippen LogP contribution in [0.4, 0.5) is 0 Å². The van der Waals surface area contributed by atoms with E-state index in [9.17, 15) is 0 Å². The second kappa shape index (κ2) is 1.85. The van der Waals surface area contributed by atoms with Crippen LogP contribution in [0.3, 0.4) is 0 Å². The molecule has 0 amide bonds. The first-order valence-corrected chi connectivity index (χ1v) is 3.81. The first kappa shape index (κ1) is 6.31. The molecule has 0 spiro atoms. The smallest absolute Gasteiger partial charge is 0.290 e. The number of rotatable bonds is 1. The summed E-state index contributed by atoms with van der Waals surface area (Å²) in [6.45, 7) is 1.22. The molecule has 0 fully saturated rings. The van der Waals surface area contributed by atoms with Crippen LogP contribution in [-0.4, -0.2) is 27.9 Å². The highest BCUT2D eigenvalue weighted by atomic mass is 31.2. The molecule has 0 aliphatic rings. The molecule has 0 rings (SSSR count). The summed E-state index contributed by atoms with van der Waals surface area (Å²) >= 11 is 0. The molecule has 0 saturated heterocycles. The predicted molar refractivity (Wildman–Crippen MR) is 24.4 cm³/mol. The average molecular weight is 111 g/mol. The third-order valence-electron chi connectivity index (χ3n) is 0.268. The molecule has 3 N–H and O–H groups in total. The van der Waals surface area contributed by atoms with Gasteiger partial charge in [-0.1, -0.05) is 0 Å². The largest absolute Gasteiger partial charge is 0.357 e. The summed E-state index contributed by atoms with van der Waals surface area (Å²) in [6.07, 6.45) is -0.507. The highest BCUT2D eigenvalue weighted by Gasteiger charge is 2.21. The molecule has 0 aliphatic carbocycles. The number of aliphatic hydroxyl groups excluding tert-OH is 1. The lowest BCUT2D eigenvalue weighted by Crippen LogP contribution is -1.90. The molecule has 0 bridgehead atoms. The van der Waals surface area contributed by atoms with Gasteiger partial charge in [0.05, 0.1) is 0 Å². The Bertz CT molecular complexity index is 38.5. The zero-order valence-corrected chi connectivity index (χ0v) is 4.39. The Morgan fingerprint density at radius 2 is 1.67 bits per heavy atom. The third-order valence-corrected chi connectivity index (χ3v) is 0.804. The van der Waals surface area contributed by atoms with Crippen molar-refractivity contribution in [3.8, 4) is 0 Å². The summed E-state index contributed by atoms with van der Waals surface area (Å²) in [4.78, 5) is 16.5. The van der Waals surface area contributed by atoms with Crippen molar-refractivity contribution in [1.29, 1.82) is 0 Å². The number of hydrogen-bond donors (Lipinski definition) is 3. The minimum absolute atomic E-state index is 0.507. The van der Waals surface area contributed by atoms with Crippen molar-refractivity contribution >= 4 is 7.72 Å². The maximum Gasteiger partial charge on any atom is 0.290 e. The predicted octanol–water partition coefficient (Wildman–Crippen LogP) is -0.602. The molecular formula is C2H8O3P+. The summed E-state index contributed by atoms with van der Waals surface area (Å²) in [7, 11) is -2.84. The van der Waals surface area contributed by atoms with Gasteiger partial charge in [-0.25, -0.2) is 9.79 Å². The monoisotopic (exact) mass is 111 g/mol. The second-order valence-corrected chi connectivity index (χ2v) is 3.69. The van der Waals surface area contributed by atoms with Gasteiger partial charge >= 0.3 is 0 Å². The highest BCUT2D eigenvalue weighted by Crippen LogP contribution is 2.42. The number of aliphatic hydroxyl groups is 1. The average Bonchev–Trinajstić information content (AvgIpc) is 1.35. The normalized spacial score (nSPS) is 12.0. The molecule has 0 radical (unpaired) electrons. The molecule has 0 heterocycles. The summed E-state index contributed by atoms with van der Waals surface area (Å²) in [5.41, 5.74) is 0. The molecular weight excluding hydrogens is 103 g/mol. The van der Waals surface area contributed by atoms with Gasteiger partial charge in [0.15, 0.2) is 0 Å². The fourth-order valence-electron chi connectivity index (χ4n) is 0. The lowest BCUT2D eigenvalue weighted by atomic mass is 11.7. The summed E-state index contributed by atoms with van der Waals surface area (Å²) in [5, 5.41) is 7.95. The van der Waals surface area contributed by atoms with Gasteiger partial charge < -0.3 is 5.11 Å². The fourth-order valence-corrected chi connectivity index (χ4v) is 0. The van der Waals surface area contributed by atoms with Crippen molar-refractivity contribution in [3.05, 3.63) is 0 Å². The van der Waals surface area contributed by atoms with E-state index in [2.05, 4.69) is 0 Å². The number of hydrogen-bond acceptors (Lipinski definition) is 3. The Balaban J connectivity index is 3.17. The van der Waals surface area contributed by atoms with Crippen LogP contribution in [0.2, 0.25) is 0 Å². The Hall–Kier alpha value is 0.310. The Morgan fingerprint density at radius 1 is 1.50 bits per heavy atom. The summed E-state index contributed by atoms with van der Waals surface area (Å²) in [5.74, 6) is 0. The molecule has 0 aromatic rings. The van der Waals surface area contributed by atoms with Crippen LogP contribution < -0.4 is 0 Å². The maximum atomic E-state index is 8.24. The summed E-state index contributed by atoms with van der Waals surface area (Å²) < 4.78 is 0. The van der Waals surface area contributed by atoms with Crippen molar-refractivity contribution in [2.24, 2.45) is 0 Å². The quantitative estimate of drug-likeness (QED) is 0.396. The SMILES string of the molecule is C[P+](O)(O)CO. The van der Waals surface area contributed by atoms with E-state index in [4.69, 9.17) is 14.9 Å². The zero-order chi connectivity index (χ0) is 5.21. The molecule has 4 heteroatoms. The van der Waals surface area contributed by atoms with Gasteiger partial charge in [-0.2, -0.15) is 0 Å². The topological polar surface area (TPSA) is 60.7 Å². The fraction of sp³-hybridized carbons (Fsp3) is 1.00. The minimum Gasteiger partial charge on any atom is -0.357 e. The van der Waals surface area contributed by atoms with Crippen molar-refractivity contribution < 1.29 is 14.9 Å². The first-order valence-electron chi connectivity index (χ1n) is 1.48. The van der Waals surface area contributed by atoms with Crippen molar-refractivity contribution in [2.75, 3.05) is 13.0 Å². The lowest BCUT2D eigenvalue weighted by molar-refractivity contribution is 0.320. The van der Waals surface area contributed by atoms with Crippen LogP contribution >= 0.6 is 7.72 Å². The van der Waals surface area contributed by atoms with E-state index < -0.39 is 14.1 Å². The maximum absolute atomic E-state index is 8.24. The Labute approximate surface area is 36.7 Å². The highest BCUT2D eigenvalue weighted by molar-refractivity contribution is 7.63. The standard InChI is InChI=1S/C2H8O3P/c1-6(4,5)2-3/h3-5H,2H2,1H3/q+1. The van der Waals surface area contributed by atoms with Gasteiger partial charge in [0.1, 0.15) is 6.66 Å². The molecule has 0 aromatic heterocycles. The van der Waals surface area contributed by atoms with Crippen LogP contribution in [-0.2, 0) is 0 Å². The van der Waals surface area contributed by atoms with Crippen molar-refractivity contribution in [1.82, 2.24) is 0 Å². The molecule has 0 saturated carbocycles. The third kappa shape index (κ3) is 4.31. The molecule has 6 heavy (non-hydrogen) atoms. The van der Waals surface area contributed by atoms with Crippen LogP contribution in [0.1, 0.15) is 0 Å². The molecule has 0 aliphatic heterocycles. The van der Waals surface area contributed by atoms with Gasteiger partial charge in [0.2, 0.25) is 6.35 Å². The molecule has 0 atom stereocenters. The van der Waals surface area contributed by atoms with E-state index in [1.807, 2.05) is 0 Å². The van der Waals surface area contributed by atoms with E-state index >= 15 is 0 Å². The van der Waals surface area contributed by atoms with Crippen LogP contribution in [0, 0.1) is 0 Å². The Morgan fingerprint density at radius 3 is 1.67 bits per heavy atom. The van der Waals surface area contributed by atoms with Crippen LogP contribution in [0.5, 0.6) is 0 Å². The second-order valence-electron chi connectivity index (χ2n) is 1.23. The molecule has 3 nitrogen and oxygen atoms in total. The zero-order valence-electron chi connectivity index (χ0n) is 3.50. The lowest BCUT2D eigenvalue weighted by Gasteiger charge is -1.97. The van der Waals surface area contributed by atoms with Crippen LogP contribution in [0.25, 0.3) is 0 Å². The first-order chi connectivity index (χ1) is 2.56. The molecule has 38 valence electrons. The van der Waals surface area contributed by atoms with Crippen molar-refractivity contribution in [2.45, 2.75) is 0 Å². The van der Waals surface area contributed by atoms with E-state index in [1.54, 1.807) is 0 Å². The van der Waals surface area contributed by atoms with Crippen molar-refractivity contribution in [3.63, 3.8) is 0 Å². The minimum atomic E-state index is -2.84. The van der Waals surface area contributed by atoms with Gasteiger partial charge in [0.25, 0.3) is 7.72 Å². The molecule has 0 unspecified atom stereocenters. The van der Waals surface area contributed by atoms with Gasteiger partial charge in [-0.15, -0.1) is 0 Å². The Kier molecular flexibility index (Phi) is 1.94. The van der Waals surface area contributed by atoms with Gasteiger partial charge in [-0.05, 0) is 0 Å². The molecule has 0 aromatic carbocycles. The van der Waals surface area contributed by atoms with Gasteiger partial charge in [0, 0.05) is 0 Å². The van der Waals surface area contributed by atoms with E-state index in [1.165, 1.54) is 6.66 Å². The van der Waals surface area contributed by atoms with E-state index in [-0.39, 0.29) is 0 Å². The van der Waals surface area contributed by atoms with E-state index in [0.717, 1.165) is 0 Å². The van der Waals surface area contributed by atoms with E-state index in [0.29, 0.717) is 0 Å². The summed E-state index contributed by atoms with van der Waals surface area (Å²) in [6, 6.07) is 0. The van der Waals surface area contributed by atoms with Crippen LogP contribution in [0.15, 0.2) is 0 Å².